The Morgan fingerprint density at radius 3 is 2.54 bits per heavy atom. The molecule has 1 heterocycles. The number of amides is 1. The number of benzene rings is 1. The van der Waals surface area contributed by atoms with Crippen LogP contribution in [0.25, 0.3) is 17.3 Å². The highest BCUT2D eigenvalue weighted by Crippen LogP contribution is 2.03. The fourth-order valence-corrected chi connectivity index (χ4v) is 3.01. The molecule has 0 aliphatic heterocycles. The van der Waals surface area contributed by atoms with Gasteiger partial charge in [-0.3, -0.25) is 14.2 Å². The Morgan fingerprint density at radius 1 is 1.33 bits per heavy atom. The maximum atomic E-state index is 12.7. The van der Waals surface area contributed by atoms with Gasteiger partial charge < -0.3 is 10.1 Å². The SMILES string of the molecule is CNC(=O)C(C#N)=c1sc(=CC(=O)OC)c(=O)n1-c1ccccc1. The number of ether oxygens (including phenoxy) is 1. The van der Waals surface area contributed by atoms with Gasteiger partial charge in [-0.1, -0.05) is 18.2 Å². The smallest absolute Gasteiger partial charge is 0.332 e. The molecule has 2 rings (SSSR count). The first-order valence-electron chi connectivity index (χ1n) is 6.77. The van der Waals surface area contributed by atoms with Crippen molar-refractivity contribution in [1.29, 1.82) is 5.26 Å². The zero-order valence-electron chi connectivity index (χ0n) is 12.9. The van der Waals surface area contributed by atoms with Crippen molar-refractivity contribution in [3.05, 3.63) is 49.9 Å². The summed E-state index contributed by atoms with van der Waals surface area (Å²) < 4.78 is 5.97. The normalized spacial score (nSPS) is 12.3. The van der Waals surface area contributed by atoms with E-state index in [1.807, 2.05) is 6.07 Å². The molecule has 0 fully saturated rings. The maximum Gasteiger partial charge on any atom is 0.332 e. The van der Waals surface area contributed by atoms with Crippen molar-refractivity contribution in [1.82, 2.24) is 9.88 Å². The fraction of sp³-hybridized carbons (Fsp3) is 0.125. The van der Waals surface area contributed by atoms with Crippen LogP contribution in [0.15, 0.2) is 35.1 Å². The Balaban J connectivity index is 2.98. The minimum atomic E-state index is -0.696. The van der Waals surface area contributed by atoms with Gasteiger partial charge in [0, 0.05) is 13.1 Å². The molecular weight excluding hydrogens is 330 g/mol. The summed E-state index contributed by atoms with van der Waals surface area (Å²) in [7, 11) is 2.58. The fourth-order valence-electron chi connectivity index (χ4n) is 1.95. The van der Waals surface area contributed by atoms with E-state index >= 15 is 0 Å². The van der Waals surface area contributed by atoms with Crippen molar-refractivity contribution < 1.29 is 14.3 Å². The van der Waals surface area contributed by atoms with Gasteiger partial charge in [-0.2, -0.15) is 5.26 Å². The van der Waals surface area contributed by atoms with E-state index in [1.54, 1.807) is 30.3 Å². The second kappa shape index (κ2) is 7.39. The maximum absolute atomic E-state index is 12.7. The summed E-state index contributed by atoms with van der Waals surface area (Å²) in [4.78, 5) is 36.0. The summed E-state index contributed by atoms with van der Waals surface area (Å²) >= 11 is 0.875. The van der Waals surface area contributed by atoms with Crippen LogP contribution >= 0.6 is 11.3 Å². The van der Waals surface area contributed by atoms with Crippen molar-refractivity contribution in [3.8, 4) is 11.8 Å². The van der Waals surface area contributed by atoms with Crippen molar-refractivity contribution in [2.45, 2.75) is 0 Å². The number of hydrogen-bond acceptors (Lipinski definition) is 6. The van der Waals surface area contributed by atoms with Crippen LogP contribution in [0.2, 0.25) is 0 Å². The summed E-state index contributed by atoms with van der Waals surface area (Å²) in [5, 5.41) is 11.7. The summed E-state index contributed by atoms with van der Waals surface area (Å²) in [6, 6.07) is 10.4. The largest absolute Gasteiger partial charge is 0.466 e. The second-order valence-electron chi connectivity index (χ2n) is 4.48. The molecule has 0 saturated carbocycles. The minimum absolute atomic E-state index is 0.0670. The third-order valence-electron chi connectivity index (χ3n) is 3.07. The number of nitriles is 1. The lowest BCUT2D eigenvalue weighted by atomic mass is 10.3. The second-order valence-corrected chi connectivity index (χ2v) is 5.51. The number of rotatable bonds is 3. The number of nitrogens with one attached hydrogen (secondary N) is 1. The van der Waals surface area contributed by atoms with Crippen molar-refractivity contribution in [2.75, 3.05) is 14.2 Å². The lowest BCUT2D eigenvalue weighted by molar-refractivity contribution is -0.133. The van der Waals surface area contributed by atoms with Crippen LogP contribution in [0.5, 0.6) is 0 Å². The van der Waals surface area contributed by atoms with Gasteiger partial charge in [-0.15, -0.1) is 11.3 Å². The van der Waals surface area contributed by atoms with Gasteiger partial charge in [0.15, 0.2) is 5.57 Å². The lowest BCUT2D eigenvalue weighted by Crippen LogP contribution is -2.33. The molecule has 0 spiro atoms. The van der Waals surface area contributed by atoms with Gasteiger partial charge in [0.25, 0.3) is 11.5 Å². The van der Waals surface area contributed by atoms with E-state index in [0.29, 0.717) is 5.69 Å². The van der Waals surface area contributed by atoms with E-state index < -0.39 is 17.4 Å². The average Bonchev–Trinajstić information content (AvgIpc) is 2.92. The van der Waals surface area contributed by atoms with E-state index in [4.69, 9.17) is 0 Å². The van der Waals surface area contributed by atoms with Crippen LogP contribution in [0.3, 0.4) is 0 Å². The number of aromatic nitrogens is 1. The topological polar surface area (TPSA) is 101 Å². The molecule has 122 valence electrons. The molecule has 1 N–H and O–H groups in total. The summed E-state index contributed by atoms with van der Waals surface area (Å²) in [6.45, 7) is 0. The van der Waals surface area contributed by atoms with Crippen molar-refractivity contribution in [2.24, 2.45) is 0 Å². The predicted molar refractivity (Wildman–Crippen MR) is 88.7 cm³/mol. The highest BCUT2D eigenvalue weighted by atomic mass is 32.1. The standard InChI is InChI=1S/C16H13N3O4S/c1-18-14(21)11(9-17)16-19(10-6-4-3-5-7-10)15(22)12(24-16)8-13(20)23-2/h3-8H,1-2H3,(H,18,21). The Kier molecular flexibility index (Phi) is 5.29. The van der Waals surface area contributed by atoms with Crippen molar-refractivity contribution in [3.63, 3.8) is 0 Å². The van der Waals surface area contributed by atoms with Crippen LogP contribution in [0.4, 0.5) is 0 Å². The molecule has 0 saturated heterocycles. The van der Waals surface area contributed by atoms with E-state index in [1.165, 1.54) is 18.7 Å². The van der Waals surface area contributed by atoms with Crippen LogP contribution in [-0.2, 0) is 14.3 Å². The minimum Gasteiger partial charge on any atom is -0.466 e. The van der Waals surface area contributed by atoms with Gasteiger partial charge >= 0.3 is 5.97 Å². The first-order chi connectivity index (χ1) is 11.5. The molecule has 8 heteroatoms. The third kappa shape index (κ3) is 3.26. The number of hydrogen-bond donors (Lipinski definition) is 1. The monoisotopic (exact) mass is 343 g/mol. The molecule has 7 nitrogen and oxygen atoms in total. The molecule has 0 aliphatic rings. The number of thiazole rings is 1. The first-order valence-corrected chi connectivity index (χ1v) is 7.58. The molecule has 0 radical (unpaired) electrons. The molecule has 0 unspecified atom stereocenters. The molecule has 1 amide bonds. The van der Waals surface area contributed by atoms with E-state index in [-0.39, 0.29) is 14.8 Å². The molecule has 1 aromatic heterocycles. The zero-order chi connectivity index (χ0) is 17.7. The van der Waals surface area contributed by atoms with Crippen LogP contribution in [0, 0.1) is 11.3 Å². The number of esters is 1. The lowest BCUT2D eigenvalue weighted by Gasteiger charge is -2.02. The van der Waals surface area contributed by atoms with Gasteiger partial charge in [-0.05, 0) is 12.1 Å². The molecule has 0 atom stereocenters. The molecule has 1 aromatic carbocycles. The third-order valence-corrected chi connectivity index (χ3v) is 4.16. The van der Waals surface area contributed by atoms with Crippen molar-refractivity contribution >= 4 is 34.9 Å². The van der Waals surface area contributed by atoms with Gasteiger partial charge in [0.05, 0.1) is 12.8 Å². The molecular formula is C16H13N3O4S. The van der Waals surface area contributed by atoms with Crippen LogP contribution < -0.4 is 20.1 Å². The average molecular weight is 343 g/mol. The molecule has 24 heavy (non-hydrogen) atoms. The Labute approximate surface area is 140 Å². The number of carbonyl (C=O) groups excluding carboxylic acids is 2. The summed E-state index contributed by atoms with van der Waals surface area (Å²) in [6.07, 6.45) is 1.04. The van der Waals surface area contributed by atoms with Gasteiger partial charge in [0.1, 0.15) is 15.3 Å². The molecule has 2 aromatic rings. The van der Waals surface area contributed by atoms with Crippen LogP contribution in [-0.4, -0.2) is 30.6 Å². The number of nitrogens with zero attached hydrogens (tertiary/aromatic N) is 2. The highest BCUT2D eigenvalue weighted by molar-refractivity contribution is 7.07. The molecule has 0 bridgehead atoms. The Morgan fingerprint density at radius 2 is 2.00 bits per heavy atom. The van der Waals surface area contributed by atoms with E-state index in [0.717, 1.165) is 17.4 Å². The quantitative estimate of drug-likeness (QED) is 0.741. The van der Waals surface area contributed by atoms with Gasteiger partial charge in [-0.25, -0.2) is 4.79 Å². The van der Waals surface area contributed by atoms with Crippen LogP contribution in [0.1, 0.15) is 0 Å². The number of carbonyl (C=O) groups is 2. The summed E-state index contributed by atoms with van der Waals surface area (Å²) in [5.41, 5.74) is -0.244. The predicted octanol–water partition coefficient (Wildman–Crippen LogP) is -0.727. The Hall–Kier alpha value is -3.18. The first kappa shape index (κ1) is 17.2. The highest BCUT2D eigenvalue weighted by Gasteiger charge is 2.16. The number of para-hydroxylation sites is 1. The molecule has 0 aliphatic carbocycles. The zero-order valence-corrected chi connectivity index (χ0v) is 13.7. The summed E-state index contributed by atoms with van der Waals surface area (Å²) in [5.74, 6) is -1.31. The van der Waals surface area contributed by atoms with E-state index in [2.05, 4.69) is 10.1 Å². The Bertz CT molecular complexity index is 997. The van der Waals surface area contributed by atoms with Gasteiger partial charge in [0.2, 0.25) is 0 Å². The van der Waals surface area contributed by atoms with E-state index in [9.17, 15) is 19.6 Å². The number of methoxy groups -OCH3 is 1.